The maximum Gasteiger partial charge on any atom is 0.119 e. The van der Waals surface area contributed by atoms with Crippen molar-refractivity contribution >= 4 is 17.1 Å². The van der Waals surface area contributed by atoms with Crippen LogP contribution in [0.5, 0.6) is 11.5 Å². The molecule has 0 unspecified atom stereocenters. The van der Waals surface area contributed by atoms with Crippen LogP contribution in [0.4, 0.5) is 0 Å². The zero-order chi connectivity index (χ0) is 10.4. The van der Waals surface area contributed by atoms with Gasteiger partial charge in [0.2, 0.25) is 0 Å². The van der Waals surface area contributed by atoms with Gasteiger partial charge in [0, 0.05) is 6.07 Å². The molecule has 0 bridgehead atoms. The lowest BCUT2D eigenvalue weighted by Crippen LogP contribution is -1.70. The summed E-state index contributed by atoms with van der Waals surface area (Å²) in [5.41, 5.74) is 0.854. The van der Waals surface area contributed by atoms with Crippen molar-refractivity contribution in [3.8, 4) is 11.5 Å². The molecule has 3 heteroatoms. The van der Waals surface area contributed by atoms with E-state index in [1.165, 1.54) is 6.07 Å². The molecule has 0 aliphatic heterocycles. The second-order valence-electron chi connectivity index (χ2n) is 2.94. The van der Waals surface area contributed by atoms with Crippen LogP contribution in [-0.2, 0) is 0 Å². The molecule has 0 fully saturated rings. The van der Waals surface area contributed by atoms with Crippen molar-refractivity contribution in [1.82, 2.24) is 0 Å². The van der Waals surface area contributed by atoms with Gasteiger partial charge in [-0.15, -0.1) is 0 Å². The minimum Gasteiger partial charge on any atom is -0.508 e. The SMILES string of the molecule is CC(C)=S.Cc1cc(O)cc(O)c1. The molecule has 0 radical (unpaired) electrons. The normalized spacial score (nSPS) is 8.54. The van der Waals surface area contributed by atoms with Crippen molar-refractivity contribution in [3.05, 3.63) is 23.8 Å². The van der Waals surface area contributed by atoms with Gasteiger partial charge >= 0.3 is 0 Å². The lowest BCUT2D eigenvalue weighted by atomic mass is 10.2. The highest BCUT2D eigenvalue weighted by atomic mass is 32.1. The fraction of sp³-hybridized carbons (Fsp3) is 0.300. The molecule has 0 spiro atoms. The van der Waals surface area contributed by atoms with Gasteiger partial charge in [0.1, 0.15) is 11.5 Å². The molecule has 13 heavy (non-hydrogen) atoms. The van der Waals surface area contributed by atoms with Crippen LogP contribution in [0.3, 0.4) is 0 Å². The fourth-order valence-corrected chi connectivity index (χ4v) is 0.743. The molecule has 0 saturated heterocycles. The van der Waals surface area contributed by atoms with Crippen LogP contribution in [0.2, 0.25) is 0 Å². The average Bonchev–Trinajstić information content (AvgIpc) is 1.80. The molecule has 0 aliphatic rings. The van der Waals surface area contributed by atoms with Crippen molar-refractivity contribution in [2.45, 2.75) is 20.8 Å². The Kier molecular flexibility index (Phi) is 5.07. The predicted molar refractivity (Wildman–Crippen MR) is 58.5 cm³/mol. The first-order valence-corrected chi connectivity index (χ1v) is 4.29. The highest BCUT2D eigenvalue weighted by molar-refractivity contribution is 7.80. The van der Waals surface area contributed by atoms with Crippen LogP contribution in [0, 0.1) is 6.92 Å². The topological polar surface area (TPSA) is 40.5 Å². The van der Waals surface area contributed by atoms with Crippen molar-refractivity contribution in [2.75, 3.05) is 0 Å². The molecule has 0 aromatic heterocycles. The molecule has 2 nitrogen and oxygen atoms in total. The third-order valence-electron chi connectivity index (χ3n) is 1.05. The number of phenolic OH excluding ortho intramolecular Hbond substituents is 2. The number of aromatic hydroxyl groups is 2. The van der Waals surface area contributed by atoms with Gasteiger partial charge < -0.3 is 10.2 Å². The second-order valence-corrected chi connectivity index (χ2v) is 3.75. The summed E-state index contributed by atoms with van der Waals surface area (Å²) in [7, 11) is 0. The predicted octanol–water partition coefficient (Wildman–Crippen LogP) is 2.80. The monoisotopic (exact) mass is 198 g/mol. The van der Waals surface area contributed by atoms with E-state index in [1.54, 1.807) is 19.1 Å². The number of benzene rings is 1. The Bertz CT molecular complexity index is 240. The van der Waals surface area contributed by atoms with Crippen LogP contribution in [0.1, 0.15) is 19.4 Å². The molecule has 0 heterocycles. The summed E-state index contributed by atoms with van der Waals surface area (Å²) in [5, 5.41) is 17.7. The maximum absolute atomic E-state index is 8.83. The molecule has 2 N–H and O–H groups in total. The Morgan fingerprint density at radius 3 is 1.62 bits per heavy atom. The summed E-state index contributed by atoms with van der Waals surface area (Å²) in [6.07, 6.45) is 0. The van der Waals surface area contributed by atoms with E-state index in [4.69, 9.17) is 10.2 Å². The summed E-state index contributed by atoms with van der Waals surface area (Å²) < 4.78 is 0. The Balaban J connectivity index is 0.000000310. The number of rotatable bonds is 0. The lowest BCUT2D eigenvalue weighted by molar-refractivity contribution is 0.450. The van der Waals surface area contributed by atoms with Crippen LogP contribution >= 0.6 is 12.2 Å². The number of phenols is 2. The minimum absolute atomic E-state index is 0.104. The highest BCUT2D eigenvalue weighted by Crippen LogP contribution is 2.18. The van der Waals surface area contributed by atoms with E-state index in [1.807, 2.05) is 13.8 Å². The second kappa shape index (κ2) is 5.54. The molecule has 1 aromatic rings. The molecular weight excluding hydrogens is 184 g/mol. The fourth-order valence-electron chi connectivity index (χ4n) is 0.743. The number of hydrogen-bond donors (Lipinski definition) is 2. The van der Waals surface area contributed by atoms with Gasteiger partial charge in [-0.1, -0.05) is 12.2 Å². The van der Waals surface area contributed by atoms with Crippen LogP contribution < -0.4 is 0 Å². The van der Waals surface area contributed by atoms with Gasteiger partial charge in [0.15, 0.2) is 0 Å². The Labute approximate surface area is 83.8 Å². The number of hydrogen-bond acceptors (Lipinski definition) is 3. The number of aryl methyl sites for hydroxylation is 1. The highest BCUT2D eigenvalue weighted by Gasteiger charge is 1.91. The van der Waals surface area contributed by atoms with Gasteiger partial charge in [0.25, 0.3) is 0 Å². The molecule has 0 amide bonds. The van der Waals surface area contributed by atoms with Gasteiger partial charge in [-0.05, 0) is 43.3 Å². The first-order valence-electron chi connectivity index (χ1n) is 3.88. The first-order chi connectivity index (χ1) is 5.91. The molecular formula is C10H14O2S. The molecule has 1 rings (SSSR count). The van der Waals surface area contributed by atoms with Crippen LogP contribution in [-0.4, -0.2) is 15.1 Å². The minimum atomic E-state index is 0.104. The van der Waals surface area contributed by atoms with Gasteiger partial charge in [-0.3, -0.25) is 0 Å². The summed E-state index contributed by atoms with van der Waals surface area (Å²) >= 11 is 4.54. The standard InChI is InChI=1S/C7H8O2.C3H6S/c1-5-2-6(8)4-7(9)3-5;1-3(2)4/h2-4,8-9H,1H3;1-2H3. The smallest absolute Gasteiger partial charge is 0.119 e. The Hall–Kier alpha value is -1.09. The quantitative estimate of drug-likeness (QED) is 0.630. The van der Waals surface area contributed by atoms with Gasteiger partial charge in [0.05, 0.1) is 0 Å². The summed E-state index contributed by atoms with van der Waals surface area (Å²) in [4.78, 5) is 1.00. The van der Waals surface area contributed by atoms with Crippen molar-refractivity contribution < 1.29 is 10.2 Å². The molecule has 72 valence electrons. The molecule has 1 aromatic carbocycles. The van der Waals surface area contributed by atoms with E-state index < -0.39 is 0 Å². The van der Waals surface area contributed by atoms with Crippen molar-refractivity contribution in [1.29, 1.82) is 0 Å². The third-order valence-corrected chi connectivity index (χ3v) is 1.05. The zero-order valence-electron chi connectivity index (χ0n) is 8.03. The Morgan fingerprint density at radius 1 is 1.08 bits per heavy atom. The van der Waals surface area contributed by atoms with E-state index in [9.17, 15) is 0 Å². The molecule has 0 aliphatic carbocycles. The first kappa shape index (κ1) is 11.9. The van der Waals surface area contributed by atoms with Crippen LogP contribution in [0.15, 0.2) is 18.2 Å². The largest absolute Gasteiger partial charge is 0.508 e. The van der Waals surface area contributed by atoms with E-state index in [2.05, 4.69) is 12.2 Å². The van der Waals surface area contributed by atoms with Crippen LogP contribution in [0.25, 0.3) is 0 Å². The van der Waals surface area contributed by atoms with E-state index in [-0.39, 0.29) is 11.5 Å². The summed E-state index contributed by atoms with van der Waals surface area (Å²) in [6, 6.07) is 4.46. The van der Waals surface area contributed by atoms with Gasteiger partial charge in [-0.25, -0.2) is 0 Å². The van der Waals surface area contributed by atoms with Crippen molar-refractivity contribution in [3.63, 3.8) is 0 Å². The molecule has 0 atom stereocenters. The number of thiocarbonyl (C=S) groups is 1. The zero-order valence-corrected chi connectivity index (χ0v) is 8.85. The van der Waals surface area contributed by atoms with E-state index in [0.717, 1.165) is 10.4 Å². The summed E-state index contributed by atoms with van der Waals surface area (Å²) in [5.74, 6) is 0.208. The average molecular weight is 198 g/mol. The van der Waals surface area contributed by atoms with Crippen molar-refractivity contribution in [2.24, 2.45) is 0 Å². The lowest BCUT2D eigenvalue weighted by Gasteiger charge is -1.94. The third kappa shape index (κ3) is 7.28. The molecule has 0 saturated carbocycles. The van der Waals surface area contributed by atoms with E-state index >= 15 is 0 Å². The maximum atomic E-state index is 8.83. The summed E-state index contributed by atoms with van der Waals surface area (Å²) in [6.45, 7) is 5.60. The Morgan fingerprint density at radius 2 is 1.38 bits per heavy atom. The van der Waals surface area contributed by atoms with E-state index in [0.29, 0.717) is 0 Å². The van der Waals surface area contributed by atoms with Gasteiger partial charge in [-0.2, -0.15) is 0 Å².